The topological polar surface area (TPSA) is 45.1 Å². The largest absolute Gasteiger partial charge is 0.490 e. The Balaban J connectivity index is 1.20. The summed E-state index contributed by atoms with van der Waals surface area (Å²) in [5.41, 5.74) is 3.61. The maximum Gasteiger partial charge on any atom is 0.144 e. The van der Waals surface area contributed by atoms with Crippen molar-refractivity contribution in [2.75, 3.05) is 84.0 Å². The maximum atomic E-state index is 6.43. The van der Waals surface area contributed by atoms with E-state index in [1.807, 2.05) is 0 Å². The molecule has 204 valence electrons. The summed E-state index contributed by atoms with van der Waals surface area (Å²) in [6, 6.07) is 8.86. The normalized spacial score (nSPS) is 20.2. The summed E-state index contributed by atoms with van der Waals surface area (Å²) in [6.07, 6.45) is 13.7. The number of nitrogens with one attached hydrogen (secondary N) is 1. The van der Waals surface area contributed by atoms with E-state index >= 15 is 0 Å². The molecule has 0 bridgehead atoms. The lowest BCUT2D eigenvalue weighted by molar-refractivity contribution is 0.0342. The molecule has 1 N–H and O–H groups in total. The molecule has 7 nitrogen and oxygen atoms in total. The molecular formula is C30H47N5O2. The standard InChI is InChI=1S/C30H47N5O2/c1-3-12-32(13-4-1)16-7-11-31-29-9-8-28(24-30(29)37-23-20-33-14-5-2-6-15-33)35-17-10-27(26-35)25-34-18-21-36-22-19-34/h8-10,17,24,26,31H,1-7,11-16,18-23,25H2. The van der Waals surface area contributed by atoms with E-state index in [0.29, 0.717) is 0 Å². The molecule has 1 aromatic heterocycles. The minimum Gasteiger partial charge on any atom is -0.490 e. The number of piperidine rings is 2. The molecule has 1 aromatic carbocycles. The number of benzene rings is 1. The number of aromatic nitrogens is 1. The van der Waals surface area contributed by atoms with Crippen LogP contribution in [0, 0.1) is 0 Å². The van der Waals surface area contributed by atoms with Gasteiger partial charge >= 0.3 is 0 Å². The first-order valence-electron chi connectivity index (χ1n) is 14.8. The summed E-state index contributed by atoms with van der Waals surface area (Å²) in [5, 5.41) is 3.69. The molecule has 5 rings (SSSR count). The molecule has 0 aliphatic carbocycles. The van der Waals surface area contributed by atoms with Crippen molar-refractivity contribution in [3.63, 3.8) is 0 Å². The van der Waals surface area contributed by atoms with Crippen molar-refractivity contribution >= 4 is 5.69 Å². The van der Waals surface area contributed by atoms with E-state index in [1.165, 1.54) is 76.8 Å². The lowest BCUT2D eigenvalue weighted by Crippen LogP contribution is -2.35. The third kappa shape index (κ3) is 8.21. The number of anilines is 1. The second-order valence-corrected chi connectivity index (χ2v) is 10.9. The van der Waals surface area contributed by atoms with Crippen LogP contribution in [0.4, 0.5) is 5.69 Å². The van der Waals surface area contributed by atoms with Gasteiger partial charge in [0.2, 0.25) is 0 Å². The highest BCUT2D eigenvalue weighted by Crippen LogP contribution is 2.28. The summed E-state index contributed by atoms with van der Waals surface area (Å²) in [5.74, 6) is 0.968. The maximum absolute atomic E-state index is 6.43. The highest BCUT2D eigenvalue weighted by atomic mass is 16.5. The van der Waals surface area contributed by atoms with Crippen LogP contribution in [0.1, 0.15) is 50.5 Å². The first kappa shape index (κ1) is 26.5. The summed E-state index contributed by atoms with van der Waals surface area (Å²) >= 11 is 0. The number of nitrogens with zero attached hydrogens (tertiary/aromatic N) is 4. The second-order valence-electron chi connectivity index (χ2n) is 10.9. The Morgan fingerprint density at radius 2 is 1.51 bits per heavy atom. The Kier molecular flexibility index (Phi) is 10.2. The fraction of sp³-hybridized carbons (Fsp3) is 0.667. The number of morpholine rings is 1. The van der Waals surface area contributed by atoms with Crippen molar-refractivity contribution < 1.29 is 9.47 Å². The molecule has 3 aliphatic heterocycles. The van der Waals surface area contributed by atoms with Crippen molar-refractivity contribution in [3.05, 3.63) is 42.2 Å². The van der Waals surface area contributed by atoms with Gasteiger partial charge in [-0.1, -0.05) is 12.8 Å². The second kappa shape index (κ2) is 14.2. The lowest BCUT2D eigenvalue weighted by Gasteiger charge is -2.27. The fourth-order valence-electron chi connectivity index (χ4n) is 5.83. The highest BCUT2D eigenvalue weighted by molar-refractivity contribution is 5.61. The van der Waals surface area contributed by atoms with Gasteiger partial charge in [0.25, 0.3) is 0 Å². The fourth-order valence-corrected chi connectivity index (χ4v) is 5.83. The van der Waals surface area contributed by atoms with Crippen molar-refractivity contribution in [1.29, 1.82) is 0 Å². The van der Waals surface area contributed by atoms with Gasteiger partial charge in [-0.05, 0) is 88.6 Å². The van der Waals surface area contributed by atoms with Gasteiger partial charge in [0.1, 0.15) is 12.4 Å². The molecule has 7 heteroatoms. The molecular weight excluding hydrogens is 462 g/mol. The first-order valence-corrected chi connectivity index (χ1v) is 14.8. The van der Waals surface area contributed by atoms with Crippen LogP contribution in [-0.4, -0.2) is 98.0 Å². The minimum absolute atomic E-state index is 0.736. The third-order valence-electron chi connectivity index (χ3n) is 8.06. The summed E-state index contributed by atoms with van der Waals surface area (Å²) < 4.78 is 14.2. The predicted octanol–water partition coefficient (Wildman–Crippen LogP) is 4.46. The molecule has 0 saturated carbocycles. The Morgan fingerprint density at radius 3 is 2.27 bits per heavy atom. The lowest BCUT2D eigenvalue weighted by atomic mass is 10.1. The van der Waals surface area contributed by atoms with Crippen LogP contribution in [0.3, 0.4) is 0 Å². The molecule has 0 atom stereocenters. The molecule has 3 saturated heterocycles. The Morgan fingerprint density at radius 1 is 0.784 bits per heavy atom. The molecule has 4 heterocycles. The number of rotatable bonds is 12. The van der Waals surface area contributed by atoms with Crippen molar-refractivity contribution in [2.45, 2.75) is 51.5 Å². The monoisotopic (exact) mass is 509 g/mol. The molecule has 0 amide bonds. The molecule has 0 unspecified atom stereocenters. The SMILES string of the molecule is c1cn(-c2ccc(NCCCN3CCCCC3)c(OCCN3CCCCC3)c2)cc1CN1CCOCC1. The van der Waals surface area contributed by atoms with E-state index in [0.717, 1.165) is 76.1 Å². The van der Waals surface area contributed by atoms with Crippen molar-refractivity contribution in [1.82, 2.24) is 19.3 Å². The van der Waals surface area contributed by atoms with E-state index in [1.54, 1.807) is 0 Å². The van der Waals surface area contributed by atoms with Gasteiger partial charge in [-0.25, -0.2) is 0 Å². The average molecular weight is 510 g/mol. The van der Waals surface area contributed by atoms with Gasteiger partial charge in [-0.2, -0.15) is 0 Å². The van der Waals surface area contributed by atoms with Crippen LogP contribution in [0.2, 0.25) is 0 Å². The molecule has 3 fully saturated rings. The van der Waals surface area contributed by atoms with Gasteiger partial charge in [0.05, 0.1) is 18.9 Å². The molecule has 0 radical (unpaired) electrons. The molecule has 3 aliphatic rings. The first-order chi connectivity index (χ1) is 18.3. The Hall–Kier alpha value is -2.06. The summed E-state index contributed by atoms with van der Waals surface area (Å²) in [6.45, 7) is 13.5. The minimum atomic E-state index is 0.736. The number of hydrogen-bond acceptors (Lipinski definition) is 6. The zero-order valence-electron chi connectivity index (χ0n) is 22.7. The van der Waals surface area contributed by atoms with E-state index in [2.05, 4.69) is 61.2 Å². The quantitative estimate of drug-likeness (QED) is 0.426. The third-order valence-corrected chi connectivity index (χ3v) is 8.06. The van der Waals surface area contributed by atoms with Gasteiger partial charge in [-0.3, -0.25) is 9.80 Å². The van der Waals surface area contributed by atoms with Crippen LogP contribution in [0.5, 0.6) is 5.75 Å². The van der Waals surface area contributed by atoms with Crippen molar-refractivity contribution in [2.24, 2.45) is 0 Å². The zero-order valence-corrected chi connectivity index (χ0v) is 22.7. The Bertz CT molecular complexity index is 930. The van der Waals surface area contributed by atoms with E-state index in [4.69, 9.17) is 9.47 Å². The zero-order chi connectivity index (χ0) is 25.1. The highest BCUT2D eigenvalue weighted by Gasteiger charge is 2.14. The predicted molar refractivity (Wildman–Crippen MR) is 151 cm³/mol. The number of likely N-dealkylation sites (tertiary alicyclic amines) is 2. The number of hydrogen-bond donors (Lipinski definition) is 1. The summed E-state index contributed by atoms with van der Waals surface area (Å²) in [4.78, 5) is 7.63. The van der Waals surface area contributed by atoms with Crippen LogP contribution in [0.15, 0.2) is 36.7 Å². The van der Waals surface area contributed by atoms with Crippen LogP contribution in [-0.2, 0) is 11.3 Å². The summed E-state index contributed by atoms with van der Waals surface area (Å²) in [7, 11) is 0. The molecule has 0 spiro atoms. The van der Waals surface area contributed by atoms with E-state index in [9.17, 15) is 0 Å². The van der Waals surface area contributed by atoms with Crippen LogP contribution < -0.4 is 10.1 Å². The van der Waals surface area contributed by atoms with Crippen LogP contribution >= 0.6 is 0 Å². The molecule has 37 heavy (non-hydrogen) atoms. The average Bonchev–Trinajstić information content (AvgIpc) is 3.42. The van der Waals surface area contributed by atoms with Gasteiger partial charge in [0.15, 0.2) is 0 Å². The van der Waals surface area contributed by atoms with Gasteiger partial charge < -0.3 is 24.3 Å². The van der Waals surface area contributed by atoms with E-state index < -0.39 is 0 Å². The van der Waals surface area contributed by atoms with E-state index in [-0.39, 0.29) is 0 Å². The van der Waals surface area contributed by atoms with Gasteiger partial charge in [-0.15, -0.1) is 0 Å². The smallest absolute Gasteiger partial charge is 0.144 e. The number of ether oxygens (including phenoxy) is 2. The van der Waals surface area contributed by atoms with Gasteiger partial charge in [0, 0.05) is 56.9 Å². The Labute approximate surface area is 223 Å². The van der Waals surface area contributed by atoms with Crippen LogP contribution in [0.25, 0.3) is 5.69 Å². The van der Waals surface area contributed by atoms with Crippen molar-refractivity contribution in [3.8, 4) is 11.4 Å². The molecule has 2 aromatic rings.